The second kappa shape index (κ2) is 6.90. The number of anilines is 1. The zero-order chi connectivity index (χ0) is 16.1. The molecule has 0 bridgehead atoms. The Morgan fingerprint density at radius 2 is 2.00 bits per heavy atom. The van der Waals surface area contributed by atoms with Gasteiger partial charge in [0.15, 0.2) is 5.13 Å². The van der Waals surface area contributed by atoms with Crippen LogP contribution >= 0.6 is 11.3 Å². The van der Waals surface area contributed by atoms with E-state index in [1.54, 1.807) is 0 Å². The number of aryl methyl sites for hydroxylation is 1. The number of carbonyl (C=O) groups excluding carboxylic acids is 1. The number of aromatic nitrogens is 1. The van der Waals surface area contributed by atoms with Crippen molar-refractivity contribution >= 4 is 28.3 Å². The largest absolute Gasteiger partial charge is 0.508 e. The summed E-state index contributed by atoms with van der Waals surface area (Å²) in [4.78, 5) is 26.9. The third-order valence-electron chi connectivity index (χ3n) is 2.89. The molecule has 0 radical (unpaired) electrons. The molecule has 0 unspecified atom stereocenters. The van der Waals surface area contributed by atoms with E-state index < -0.39 is 11.9 Å². The molecule has 1 aromatic heterocycles. The van der Waals surface area contributed by atoms with Gasteiger partial charge in [0.1, 0.15) is 5.75 Å². The average molecular weight is 321 g/mol. The van der Waals surface area contributed by atoms with Crippen LogP contribution in [0.2, 0.25) is 0 Å². The number of carboxylic acid groups (broad SMARTS) is 1. The van der Waals surface area contributed by atoms with Crippen molar-refractivity contribution in [2.24, 2.45) is 0 Å². The third kappa shape index (κ3) is 4.19. The number of thiazole rings is 1. The Morgan fingerprint density at radius 3 is 2.64 bits per heavy atom. The molecule has 0 saturated carbocycles. The Kier molecular flexibility index (Phi) is 4.95. The van der Waals surface area contributed by atoms with Crippen molar-refractivity contribution in [2.45, 2.75) is 12.8 Å². The quantitative estimate of drug-likeness (QED) is 0.597. The van der Waals surface area contributed by atoms with Crippen LogP contribution in [0.5, 0.6) is 5.75 Å². The number of hydrogen-bond donors (Lipinski definition) is 4. The lowest BCUT2D eigenvalue weighted by atomic mass is 10.1. The fourth-order valence-electron chi connectivity index (χ4n) is 1.88. The van der Waals surface area contributed by atoms with Crippen LogP contribution in [0, 0.1) is 0 Å². The van der Waals surface area contributed by atoms with Crippen LogP contribution in [0.3, 0.4) is 0 Å². The third-order valence-corrected chi connectivity index (χ3v) is 3.61. The predicted molar refractivity (Wildman–Crippen MR) is 82.2 cm³/mol. The number of rotatable bonds is 6. The van der Waals surface area contributed by atoms with Gasteiger partial charge in [-0.3, -0.25) is 4.79 Å². The van der Waals surface area contributed by atoms with Crippen LogP contribution in [-0.2, 0) is 6.42 Å². The number of benzene rings is 1. The molecule has 2 rings (SSSR count). The van der Waals surface area contributed by atoms with Gasteiger partial charge in [0.2, 0.25) is 0 Å². The van der Waals surface area contributed by atoms with E-state index in [1.165, 1.54) is 23.5 Å². The Balaban J connectivity index is 1.88. The number of phenolic OH excluding ortho intramolecular Hbond substituents is 1. The van der Waals surface area contributed by atoms with E-state index in [1.807, 2.05) is 5.38 Å². The minimum atomic E-state index is -1.20. The first-order valence-corrected chi connectivity index (χ1v) is 7.39. The summed E-state index contributed by atoms with van der Waals surface area (Å²) in [5, 5.41) is 23.4. The molecule has 0 saturated heterocycles. The lowest BCUT2D eigenvalue weighted by Crippen LogP contribution is -2.25. The first kappa shape index (κ1) is 15.8. The number of phenols is 1. The van der Waals surface area contributed by atoms with Gasteiger partial charge in [0.25, 0.3) is 5.91 Å². The molecule has 22 heavy (non-hydrogen) atoms. The number of nitrogen functional groups attached to an aromatic ring is 1. The Hall–Kier alpha value is -2.61. The Morgan fingerprint density at radius 1 is 1.27 bits per heavy atom. The van der Waals surface area contributed by atoms with Gasteiger partial charge < -0.3 is 21.3 Å². The van der Waals surface area contributed by atoms with Crippen molar-refractivity contribution in [1.29, 1.82) is 0 Å². The number of nitrogens with one attached hydrogen (secondary N) is 1. The number of nitrogens with zero attached hydrogens (tertiary/aromatic N) is 1. The minimum absolute atomic E-state index is 0.107. The van der Waals surface area contributed by atoms with Crippen LogP contribution in [0.25, 0.3) is 0 Å². The summed E-state index contributed by atoms with van der Waals surface area (Å²) in [7, 11) is 0. The molecule has 0 atom stereocenters. The van der Waals surface area contributed by atoms with E-state index in [2.05, 4.69) is 10.3 Å². The van der Waals surface area contributed by atoms with Crippen molar-refractivity contribution in [3.63, 3.8) is 0 Å². The molecule has 0 fully saturated rings. The van der Waals surface area contributed by atoms with E-state index in [0.717, 1.165) is 11.8 Å². The number of hydrogen-bond acceptors (Lipinski definition) is 6. The normalized spacial score (nSPS) is 10.4. The number of aromatic carboxylic acids is 1. The maximum Gasteiger partial charge on any atom is 0.335 e. The van der Waals surface area contributed by atoms with Crippen LogP contribution in [0.4, 0.5) is 5.13 Å². The smallest absolute Gasteiger partial charge is 0.335 e. The van der Waals surface area contributed by atoms with Gasteiger partial charge in [-0.15, -0.1) is 11.3 Å². The van der Waals surface area contributed by atoms with Gasteiger partial charge in [0, 0.05) is 17.5 Å². The van der Waals surface area contributed by atoms with Gasteiger partial charge in [0.05, 0.1) is 11.3 Å². The monoisotopic (exact) mass is 321 g/mol. The topological polar surface area (TPSA) is 126 Å². The molecule has 0 aliphatic rings. The summed E-state index contributed by atoms with van der Waals surface area (Å²) < 4.78 is 0. The summed E-state index contributed by atoms with van der Waals surface area (Å²) in [6.45, 7) is 0.411. The molecule has 0 spiro atoms. The number of carbonyl (C=O) groups is 2. The number of aromatic hydroxyl groups is 1. The van der Waals surface area contributed by atoms with E-state index in [0.29, 0.717) is 24.5 Å². The van der Waals surface area contributed by atoms with Crippen molar-refractivity contribution in [2.75, 3.05) is 12.3 Å². The first-order valence-electron chi connectivity index (χ1n) is 6.51. The highest BCUT2D eigenvalue weighted by molar-refractivity contribution is 7.13. The van der Waals surface area contributed by atoms with E-state index in [-0.39, 0.29) is 16.9 Å². The summed E-state index contributed by atoms with van der Waals surface area (Å²) in [6, 6.07) is 3.53. The van der Waals surface area contributed by atoms with Crippen LogP contribution in [0.15, 0.2) is 23.6 Å². The van der Waals surface area contributed by atoms with Crippen LogP contribution < -0.4 is 11.1 Å². The molecule has 0 aliphatic carbocycles. The molecule has 1 aromatic carbocycles. The molecule has 5 N–H and O–H groups in total. The van der Waals surface area contributed by atoms with Crippen molar-refractivity contribution in [3.05, 3.63) is 40.4 Å². The summed E-state index contributed by atoms with van der Waals surface area (Å²) >= 11 is 1.37. The summed E-state index contributed by atoms with van der Waals surface area (Å²) in [5.41, 5.74) is 6.37. The molecule has 0 aliphatic heterocycles. The summed E-state index contributed by atoms with van der Waals surface area (Å²) in [5.74, 6) is -1.90. The molecule has 2 aromatic rings. The zero-order valence-corrected chi connectivity index (χ0v) is 12.4. The highest BCUT2D eigenvalue weighted by Gasteiger charge is 2.11. The van der Waals surface area contributed by atoms with Crippen molar-refractivity contribution < 1.29 is 19.8 Å². The standard InChI is InChI=1S/C14H15N3O4S/c15-14-17-10(7-22-14)2-1-3-16-12(19)8-4-9(13(20)21)6-11(18)5-8/h4-7,18H,1-3H2,(H2,15,17)(H,16,19)(H,20,21). The van der Waals surface area contributed by atoms with Gasteiger partial charge in [-0.25, -0.2) is 9.78 Å². The number of amides is 1. The SMILES string of the molecule is Nc1nc(CCCNC(=O)c2cc(O)cc(C(=O)O)c2)cs1. The highest BCUT2D eigenvalue weighted by Crippen LogP contribution is 2.16. The van der Waals surface area contributed by atoms with E-state index in [4.69, 9.17) is 10.8 Å². The fourth-order valence-corrected chi connectivity index (χ4v) is 2.47. The predicted octanol–water partition coefficient (Wildman–Crippen LogP) is 1.49. The van der Waals surface area contributed by atoms with Gasteiger partial charge in [-0.05, 0) is 31.0 Å². The molecule has 7 nitrogen and oxygen atoms in total. The molecule has 8 heteroatoms. The lowest BCUT2D eigenvalue weighted by molar-refractivity contribution is 0.0696. The van der Waals surface area contributed by atoms with Crippen molar-refractivity contribution in [3.8, 4) is 5.75 Å². The molecule has 116 valence electrons. The average Bonchev–Trinajstić information content (AvgIpc) is 2.88. The second-order valence-corrected chi connectivity index (χ2v) is 5.50. The molecule has 1 amide bonds. The summed E-state index contributed by atoms with van der Waals surface area (Å²) in [6.07, 6.45) is 1.37. The Labute approximate surface area is 130 Å². The van der Waals surface area contributed by atoms with Crippen molar-refractivity contribution in [1.82, 2.24) is 10.3 Å². The van der Waals surface area contributed by atoms with E-state index >= 15 is 0 Å². The van der Waals surface area contributed by atoms with Gasteiger partial charge in [-0.2, -0.15) is 0 Å². The maximum atomic E-state index is 11.9. The van der Waals surface area contributed by atoms with Crippen LogP contribution in [0.1, 0.15) is 32.8 Å². The van der Waals surface area contributed by atoms with Gasteiger partial charge >= 0.3 is 5.97 Å². The number of carboxylic acids is 1. The number of nitrogens with two attached hydrogens (primary N) is 1. The van der Waals surface area contributed by atoms with E-state index in [9.17, 15) is 14.7 Å². The maximum absolute atomic E-state index is 11.9. The molecular formula is C14H15N3O4S. The lowest BCUT2D eigenvalue weighted by Gasteiger charge is -2.06. The Bertz CT molecular complexity index is 699. The molecule has 1 heterocycles. The fraction of sp³-hybridized carbons (Fsp3) is 0.214. The second-order valence-electron chi connectivity index (χ2n) is 4.61. The van der Waals surface area contributed by atoms with Crippen LogP contribution in [-0.4, -0.2) is 33.6 Å². The zero-order valence-electron chi connectivity index (χ0n) is 11.6. The minimum Gasteiger partial charge on any atom is -0.508 e. The first-order chi connectivity index (χ1) is 10.5. The highest BCUT2D eigenvalue weighted by atomic mass is 32.1. The van der Waals surface area contributed by atoms with Gasteiger partial charge in [-0.1, -0.05) is 0 Å². The molecular weight excluding hydrogens is 306 g/mol.